The molecule has 1 heterocycles. The summed E-state index contributed by atoms with van der Waals surface area (Å²) < 4.78 is 5.97. The average Bonchev–Trinajstić information content (AvgIpc) is 2.42. The highest BCUT2D eigenvalue weighted by Crippen LogP contribution is 2.27. The molecule has 1 aromatic heterocycles. The number of hydrogen-bond donors (Lipinski definition) is 1. The molecule has 0 radical (unpaired) electrons. The van der Waals surface area contributed by atoms with Crippen LogP contribution >= 0.6 is 0 Å². The number of hydrogen-bond acceptors (Lipinski definition) is 3. The van der Waals surface area contributed by atoms with Gasteiger partial charge in [0.25, 0.3) is 0 Å². The molecule has 1 N–H and O–H groups in total. The largest absolute Gasteiger partial charge is 0.455 e. The maximum absolute atomic E-state index is 5.97. The Morgan fingerprint density at radius 3 is 2.74 bits per heavy atom. The summed E-state index contributed by atoms with van der Waals surface area (Å²) >= 11 is 0. The van der Waals surface area contributed by atoms with Crippen molar-refractivity contribution in [1.29, 1.82) is 0 Å². The zero-order chi connectivity index (χ0) is 13.7. The molecular formula is C16H20N2O. The third kappa shape index (κ3) is 3.55. The van der Waals surface area contributed by atoms with Gasteiger partial charge in [-0.15, -0.1) is 0 Å². The van der Waals surface area contributed by atoms with Gasteiger partial charge < -0.3 is 10.1 Å². The molecule has 3 heteroatoms. The molecule has 0 fully saturated rings. The highest BCUT2D eigenvalue weighted by molar-refractivity contribution is 5.41. The zero-order valence-corrected chi connectivity index (χ0v) is 11.7. The molecule has 0 saturated heterocycles. The predicted molar refractivity (Wildman–Crippen MR) is 77.6 cm³/mol. The standard InChI is InChI=1S/C16H20N2O/c1-4-17-11-14-8-7-12(2)16(10-14)19-15-6-5-9-18-13(15)3/h5-10,17H,4,11H2,1-3H3. The van der Waals surface area contributed by atoms with Crippen LogP contribution in [-0.2, 0) is 6.54 Å². The molecule has 0 aliphatic heterocycles. The lowest BCUT2D eigenvalue weighted by molar-refractivity contribution is 0.471. The molecule has 19 heavy (non-hydrogen) atoms. The number of nitrogens with zero attached hydrogens (tertiary/aromatic N) is 1. The van der Waals surface area contributed by atoms with Gasteiger partial charge >= 0.3 is 0 Å². The quantitative estimate of drug-likeness (QED) is 0.887. The number of benzene rings is 1. The lowest BCUT2D eigenvalue weighted by atomic mass is 10.1. The second-order valence-corrected chi connectivity index (χ2v) is 4.57. The summed E-state index contributed by atoms with van der Waals surface area (Å²) in [5.74, 6) is 1.71. The number of ether oxygens (including phenoxy) is 1. The Balaban J connectivity index is 2.21. The Kier molecular flexibility index (Phi) is 4.53. The van der Waals surface area contributed by atoms with Crippen molar-refractivity contribution < 1.29 is 4.74 Å². The summed E-state index contributed by atoms with van der Waals surface area (Å²) in [5, 5.41) is 3.32. The Hall–Kier alpha value is -1.87. The van der Waals surface area contributed by atoms with Crippen molar-refractivity contribution >= 4 is 0 Å². The lowest BCUT2D eigenvalue weighted by Crippen LogP contribution is -2.11. The molecule has 100 valence electrons. The van der Waals surface area contributed by atoms with Crippen molar-refractivity contribution in [2.75, 3.05) is 6.54 Å². The van der Waals surface area contributed by atoms with Gasteiger partial charge in [-0.3, -0.25) is 4.98 Å². The SMILES string of the molecule is CCNCc1ccc(C)c(Oc2cccnc2C)c1. The Bertz CT molecular complexity index is 552. The maximum Gasteiger partial charge on any atom is 0.148 e. The van der Waals surface area contributed by atoms with E-state index in [-0.39, 0.29) is 0 Å². The number of aromatic nitrogens is 1. The van der Waals surface area contributed by atoms with Crippen LogP contribution < -0.4 is 10.1 Å². The normalized spacial score (nSPS) is 10.5. The van der Waals surface area contributed by atoms with Crippen LogP contribution in [0.15, 0.2) is 36.5 Å². The number of rotatable bonds is 5. The Labute approximate surface area is 114 Å². The average molecular weight is 256 g/mol. The van der Waals surface area contributed by atoms with Crippen LogP contribution in [0.2, 0.25) is 0 Å². The second kappa shape index (κ2) is 6.34. The van der Waals surface area contributed by atoms with E-state index in [1.54, 1.807) is 6.20 Å². The predicted octanol–water partition coefficient (Wildman–Crippen LogP) is 3.60. The van der Waals surface area contributed by atoms with E-state index in [4.69, 9.17) is 4.74 Å². The van der Waals surface area contributed by atoms with Crippen molar-refractivity contribution in [2.24, 2.45) is 0 Å². The van der Waals surface area contributed by atoms with Gasteiger partial charge in [-0.2, -0.15) is 0 Å². The van der Waals surface area contributed by atoms with Crippen LogP contribution in [0.3, 0.4) is 0 Å². The van der Waals surface area contributed by atoms with Crippen LogP contribution in [0.25, 0.3) is 0 Å². The first-order valence-corrected chi connectivity index (χ1v) is 6.60. The van der Waals surface area contributed by atoms with Gasteiger partial charge in [0.15, 0.2) is 0 Å². The molecule has 0 unspecified atom stereocenters. The first-order valence-electron chi connectivity index (χ1n) is 6.60. The minimum Gasteiger partial charge on any atom is -0.455 e. The first kappa shape index (κ1) is 13.6. The van der Waals surface area contributed by atoms with Gasteiger partial charge in [-0.05, 0) is 49.7 Å². The monoisotopic (exact) mass is 256 g/mol. The number of aryl methyl sites for hydroxylation is 2. The van der Waals surface area contributed by atoms with Gasteiger partial charge in [0.2, 0.25) is 0 Å². The van der Waals surface area contributed by atoms with E-state index < -0.39 is 0 Å². The van der Waals surface area contributed by atoms with E-state index in [2.05, 4.69) is 42.3 Å². The summed E-state index contributed by atoms with van der Waals surface area (Å²) in [5.41, 5.74) is 3.26. The molecule has 2 rings (SSSR count). The summed E-state index contributed by atoms with van der Waals surface area (Å²) in [4.78, 5) is 4.24. The fraction of sp³-hybridized carbons (Fsp3) is 0.312. The topological polar surface area (TPSA) is 34.1 Å². The molecule has 0 aliphatic rings. The van der Waals surface area contributed by atoms with Crippen LogP contribution in [-0.4, -0.2) is 11.5 Å². The number of pyridine rings is 1. The molecule has 0 aliphatic carbocycles. The molecule has 2 aromatic rings. The van der Waals surface area contributed by atoms with Crippen molar-refractivity contribution in [3.05, 3.63) is 53.3 Å². The van der Waals surface area contributed by atoms with E-state index in [1.807, 2.05) is 19.1 Å². The third-order valence-electron chi connectivity index (χ3n) is 3.01. The van der Waals surface area contributed by atoms with Crippen molar-refractivity contribution in [2.45, 2.75) is 27.3 Å². The van der Waals surface area contributed by atoms with E-state index in [0.29, 0.717) is 0 Å². The van der Waals surface area contributed by atoms with Crippen molar-refractivity contribution in [1.82, 2.24) is 10.3 Å². The Morgan fingerprint density at radius 1 is 1.16 bits per heavy atom. The minimum absolute atomic E-state index is 0.811. The van der Waals surface area contributed by atoms with Gasteiger partial charge in [-0.1, -0.05) is 19.1 Å². The highest BCUT2D eigenvalue weighted by Gasteiger charge is 2.05. The fourth-order valence-corrected chi connectivity index (χ4v) is 1.83. The third-order valence-corrected chi connectivity index (χ3v) is 3.01. The smallest absolute Gasteiger partial charge is 0.148 e. The van der Waals surface area contributed by atoms with E-state index in [0.717, 1.165) is 35.8 Å². The minimum atomic E-state index is 0.811. The molecule has 1 aromatic carbocycles. The van der Waals surface area contributed by atoms with Crippen LogP contribution in [0.1, 0.15) is 23.7 Å². The highest BCUT2D eigenvalue weighted by atomic mass is 16.5. The second-order valence-electron chi connectivity index (χ2n) is 4.57. The fourth-order valence-electron chi connectivity index (χ4n) is 1.83. The molecule has 0 saturated carbocycles. The van der Waals surface area contributed by atoms with Gasteiger partial charge in [0.05, 0.1) is 5.69 Å². The zero-order valence-electron chi connectivity index (χ0n) is 11.7. The van der Waals surface area contributed by atoms with Crippen LogP contribution in [0.4, 0.5) is 0 Å². The molecule has 0 amide bonds. The molecule has 3 nitrogen and oxygen atoms in total. The molecule has 0 bridgehead atoms. The summed E-state index contributed by atoms with van der Waals surface area (Å²) in [6, 6.07) is 10.1. The Morgan fingerprint density at radius 2 is 2.00 bits per heavy atom. The number of nitrogens with one attached hydrogen (secondary N) is 1. The summed E-state index contributed by atoms with van der Waals surface area (Å²) in [7, 11) is 0. The van der Waals surface area contributed by atoms with Gasteiger partial charge in [0.1, 0.15) is 11.5 Å². The van der Waals surface area contributed by atoms with Gasteiger partial charge in [-0.25, -0.2) is 0 Å². The maximum atomic E-state index is 5.97. The molecular weight excluding hydrogens is 236 g/mol. The summed E-state index contributed by atoms with van der Waals surface area (Å²) in [6.07, 6.45) is 1.77. The van der Waals surface area contributed by atoms with Crippen molar-refractivity contribution in [3.8, 4) is 11.5 Å². The van der Waals surface area contributed by atoms with Crippen LogP contribution in [0.5, 0.6) is 11.5 Å². The van der Waals surface area contributed by atoms with Crippen LogP contribution in [0, 0.1) is 13.8 Å². The lowest BCUT2D eigenvalue weighted by Gasteiger charge is -2.12. The van der Waals surface area contributed by atoms with E-state index >= 15 is 0 Å². The first-order chi connectivity index (χ1) is 9.20. The van der Waals surface area contributed by atoms with Gasteiger partial charge in [0, 0.05) is 12.7 Å². The van der Waals surface area contributed by atoms with E-state index in [1.165, 1.54) is 5.56 Å². The summed E-state index contributed by atoms with van der Waals surface area (Å²) in [6.45, 7) is 7.93. The molecule has 0 atom stereocenters. The molecule has 0 spiro atoms. The van der Waals surface area contributed by atoms with E-state index in [9.17, 15) is 0 Å². The van der Waals surface area contributed by atoms with Crippen molar-refractivity contribution in [3.63, 3.8) is 0 Å².